The lowest BCUT2D eigenvalue weighted by atomic mass is 10.0. The van der Waals surface area contributed by atoms with Crippen LogP contribution < -0.4 is 0 Å². The van der Waals surface area contributed by atoms with E-state index in [1.807, 2.05) is 17.0 Å². The molecule has 0 spiro atoms. The molecule has 4 rings (SSSR count). The molecule has 6 heteroatoms. The van der Waals surface area contributed by atoms with Crippen molar-refractivity contribution in [2.24, 2.45) is 5.92 Å². The molecule has 1 amide bonds. The van der Waals surface area contributed by atoms with Gasteiger partial charge in [0, 0.05) is 80.1 Å². The number of carbonyl (C=O) groups is 1. The molecule has 0 saturated carbocycles. The second-order valence-electron chi connectivity index (χ2n) is 9.44. The molecule has 1 atom stereocenters. The van der Waals surface area contributed by atoms with Crippen molar-refractivity contribution < 1.29 is 9.53 Å². The molecule has 2 aliphatic rings. The van der Waals surface area contributed by atoms with Crippen molar-refractivity contribution in [3.63, 3.8) is 0 Å². The maximum atomic E-state index is 13.0. The third kappa shape index (κ3) is 4.56. The molecule has 2 fully saturated rings. The van der Waals surface area contributed by atoms with E-state index in [2.05, 4.69) is 54.7 Å². The van der Waals surface area contributed by atoms with Gasteiger partial charge in [-0.25, -0.2) is 0 Å². The van der Waals surface area contributed by atoms with Gasteiger partial charge in [-0.05, 0) is 31.9 Å². The Morgan fingerprint density at radius 1 is 1.13 bits per heavy atom. The summed E-state index contributed by atoms with van der Waals surface area (Å²) in [6, 6.07) is 6.61. The summed E-state index contributed by atoms with van der Waals surface area (Å²) in [5.74, 6) is 0.788. The second kappa shape index (κ2) is 9.08. The van der Waals surface area contributed by atoms with Crippen molar-refractivity contribution in [1.82, 2.24) is 19.7 Å². The third-order valence-corrected chi connectivity index (χ3v) is 6.41. The smallest absolute Gasteiger partial charge is 0.254 e. The number of aromatic amines is 1. The van der Waals surface area contributed by atoms with E-state index in [0.717, 1.165) is 68.9 Å². The number of benzene rings is 1. The number of hydrogen-bond donors (Lipinski definition) is 1. The molecular weight excluding hydrogens is 376 g/mol. The number of rotatable bonds is 5. The Balaban J connectivity index is 1.47. The van der Waals surface area contributed by atoms with E-state index >= 15 is 0 Å². The highest BCUT2D eigenvalue weighted by Gasteiger charge is 2.26. The van der Waals surface area contributed by atoms with Gasteiger partial charge in [0.2, 0.25) is 0 Å². The van der Waals surface area contributed by atoms with Crippen molar-refractivity contribution in [3.05, 3.63) is 35.5 Å². The minimum absolute atomic E-state index is 0.0805. The fraction of sp³-hybridized carbons (Fsp3) is 0.625. The van der Waals surface area contributed by atoms with Crippen molar-refractivity contribution in [1.29, 1.82) is 0 Å². The number of carbonyl (C=O) groups excluding carboxylic acids is 1. The van der Waals surface area contributed by atoms with E-state index in [-0.39, 0.29) is 12.0 Å². The summed E-state index contributed by atoms with van der Waals surface area (Å²) in [6.45, 7) is 16.2. The van der Waals surface area contributed by atoms with Gasteiger partial charge in [-0.3, -0.25) is 14.6 Å². The number of nitrogens with one attached hydrogen (secondary N) is 1. The molecule has 1 aromatic carbocycles. The fourth-order valence-corrected chi connectivity index (χ4v) is 4.74. The minimum atomic E-state index is 0.0805. The molecule has 2 aliphatic heterocycles. The first-order valence-electron chi connectivity index (χ1n) is 11.4. The summed E-state index contributed by atoms with van der Waals surface area (Å²) in [6.07, 6.45) is 2.14. The lowest BCUT2D eigenvalue weighted by molar-refractivity contribution is -0.0324. The molecule has 2 saturated heterocycles. The SMILES string of the molecule is CC(C)CN1CCOC(c2c[nH]c3cc(C(=O)N4CCN(C(C)C)CC4)ccc23)C1. The van der Waals surface area contributed by atoms with Gasteiger partial charge < -0.3 is 14.6 Å². The quantitative estimate of drug-likeness (QED) is 0.818. The number of ether oxygens (including phenoxy) is 1. The first-order chi connectivity index (χ1) is 14.4. The lowest BCUT2D eigenvalue weighted by Crippen LogP contribution is -2.50. The average Bonchev–Trinajstić information content (AvgIpc) is 3.16. The zero-order valence-corrected chi connectivity index (χ0v) is 18.9. The van der Waals surface area contributed by atoms with Gasteiger partial charge in [0.1, 0.15) is 0 Å². The summed E-state index contributed by atoms with van der Waals surface area (Å²) in [7, 11) is 0. The van der Waals surface area contributed by atoms with E-state index in [0.29, 0.717) is 12.0 Å². The van der Waals surface area contributed by atoms with E-state index in [9.17, 15) is 4.79 Å². The number of morpholine rings is 1. The van der Waals surface area contributed by atoms with Crippen LogP contribution in [-0.2, 0) is 4.74 Å². The molecule has 1 unspecified atom stereocenters. The van der Waals surface area contributed by atoms with Crippen molar-refractivity contribution in [2.45, 2.75) is 39.8 Å². The molecule has 1 N–H and O–H groups in total. The number of aromatic nitrogens is 1. The summed E-state index contributed by atoms with van der Waals surface area (Å²) in [5.41, 5.74) is 2.98. The predicted molar refractivity (Wildman–Crippen MR) is 121 cm³/mol. The number of fused-ring (bicyclic) bond motifs is 1. The van der Waals surface area contributed by atoms with Crippen LogP contribution in [0.2, 0.25) is 0 Å². The minimum Gasteiger partial charge on any atom is -0.371 e. The molecule has 6 nitrogen and oxygen atoms in total. The van der Waals surface area contributed by atoms with Crippen LogP contribution in [-0.4, -0.2) is 84.1 Å². The molecule has 2 aromatic rings. The maximum absolute atomic E-state index is 13.0. The van der Waals surface area contributed by atoms with E-state index in [4.69, 9.17) is 4.74 Å². The van der Waals surface area contributed by atoms with Crippen molar-refractivity contribution >= 4 is 16.8 Å². The van der Waals surface area contributed by atoms with Crippen molar-refractivity contribution in [3.8, 4) is 0 Å². The number of H-pyrrole nitrogens is 1. The summed E-state index contributed by atoms with van der Waals surface area (Å²) in [4.78, 5) is 23.3. The first-order valence-corrected chi connectivity index (χ1v) is 11.4. The van der Waals surface area contributed by atoms with Crippen LogP contribution in [0.15, 0.2) is 24.4 Å². The highest BCUT2D eigenvalue weighted by Crippen LogP contribution is 2.30. The molecule has 164 valence electrons. The van der Waals surface area contributed by atoms with E-state index in [1.165, 1.54) is 5.56 Å². The number of hydrogen-bond acceptors (Lipinski definition) is 4. The Labute approximate surface area is 180 Å². The molecule has 0 bridgehead atoms. The Kier molecular flexibility index (Phi) is 6.46. The van der Waals surface area contributed by atoms with Gasteiger partial charge in [0.15, 0.2) is 0 Å². The molecule has 30 heavy (non-hydrogen) atoms. The number of piperazine rings is 1. The standard InChI is InChI=1S/C24H36N4O2/c1-17(2)15-26-11-12-30-23(16-26)21-14-25-22-13-19(5-6-20(21)22)24(29)28-9-7-27(8-10-28)18(3)4/h5-6,13-14,17-18,23,25H,7-12,15-16H2,1-4H3. The summed E-state index contributed by atoms with van der Waals surface area (Å²) in [5, 5.41) is 1.16. The zero-order valence-electron chi connectivity index (χ0n) is 18.9. The predicted octanol–water partition coefficient (Wildman–Crippen LogP) is 3.36. The van der Waals surface area contributed by atoms with E-state index in [1.54, 1.807) is 0 Å². The topological polar surface area (TPSA) is 51.8 Å². The van der Waals surface area contributed by atoms with Gasteiger partial charge >= 0.3 is 0 Å². The van der Waals surface area contributed by atoms with Crippen LogP contribution >= 0.6 is 0 Å². The van der Waals surface area contributed by atoms with Crippen LogP contribution in [0.3, 0.4) is 0 Å². The molecule has 3 heterocycles. The van der Waals surface area contributed by atoms with Gasteiger partial charge in [0.25, 0.3) is 5.91 Å². The largest absolute Gasteiger partial charge is 0.371 e. The highest BCUT2D eigenvalue weighted by atomic mass is 16.5. The normalized spacial score (nSPS) is 21.8. The van der Waals surface area contributed by atoms with Gasteiger partial charge in [0.05, 0.1) is 12.7 Å². The second-order valence-corrected chi connectivity index (χ2v) is 9.44. The van der Waals surface area contributed by atoms with Crippen LogP contribution in [0.25, 0.3) is 10.9 Å². The van der Waals surface area contributed by atoms with Crippen LogP contribution in [0.5, 0.6) is 0 Å². The lowest BCUT2D eigenvalue weighted by Gasteiger charge is -2.37. The van der Waals surface area contributed by atoms with Gasteiger partial charge in [-0.1, -0.05) is 19.9 Å². The monoisotopic (exact) mass is 412 g/mol. The average molecular weight is 413 g/mol. The fourth-order valence-electron chi connectivity index (χ4n) is 4.74. The van der Waals surface area contributed by atoms with E-state index < -0.39 is 0 Å². The van der Waals surface area contributed by atoms with Gasteiger partial charge in [-0.2, -0.15) is 0 Å². The maximum Gasteiger partial charge on any atom is 0.254 e. The van der Waals surface area contributed by atoms with Gasteiger partial charge in [-0.15, -0.1) is 0 Å². The first kappa shape index (κ1) is 21.3. The van der Waals surface area contributed by atoms with Crippen molar-refractivity contribution in [2.75, 3.05) is 52.4 Å². The molecular formula is C24H36N4O2. The van der Waals surface area contributed by atoms with Crippen LogP contribution in [0.1, 0.15) is 49.7 Å². The molecule has 0 radical (unpaired) electrons. The molecule has 0 aliphatic carbocycles. The Bertz CT molecular complexity index is 867. The number of nitrogens with zero attached hydrogens (tertiary/aromatic N) is 3. The zero-order chi connectivity index (χ0) is 21.3. The Morgan fingerprint density at radius 2 is 1.90 bits per heavy atom. The third-order valence-electron chi connectivity index (χ3n) is 6.41. The summed E-state index contributed by atoms with van der Waals surface area (Å²) >= 11 is 0. The Morgan fingerprint density at radius 3 is 2.60 bits per heavy atom. The van der Waals surface area contributed by atoms with Crippen LogP contribution in [0.4, 0.5) is 0 Å². The Hall–Kier alpha value is -1.89. The molecule has 1 aromatic heterocycles. The summed E-state index contributed by atoms with van der Waals surface area (Å²) < 4.78 is 6.10. The number of amides is 1. The highest BCUT2D eigenvalue weighted by molar-refractivity contribution is 5.98. The van der Waals surface area contributed by atoms with Crippen LogP contribution in [0, 0.1) is 5.92 Å².